The molecule has 1 amide bonds. The first kappa shape index (κ1) is 15.8. The third kappa shape index (κ3) is 4.46. The van der Waals surface area contributed by atoms with Crippen molar-refractivity contribution in [2.75, 3.05) is 0 Å². The zero-order valence-electron chi connectivity index (χ0n) is 12.0. The number of amides is 1. The average Bonchev–Trinajstić information content (AvgIpc) is 2.52. The summed E-state index contributed by atoms with van der Waals surface area (Å²) < 4.78 is 0. The smallest absolute Gasteiger partial charge is 0.269 e. The zero-order valence-corrected chi connectivity index (χ0v) is 12.7. The van der Waals surface area contributed by atoms with Gasteiger partial charge in [0.2, 0.25) is 0 Å². The van der Waals surface area contributed by atoms with E-state index in [0.29, 0.717) is 16.1 Å². The molecule has 0 aliphatic heterocycles. The normalized spacial score (nSPS) is 10.5. The molecular formula is C17H15ClN2O2. The molecule has 112 valence electrons. The summed E-state index contributed by atoms with van der Waals surface area (Å²) in [5, 5.41) is 0.573. The van der Waals surface area contributed by atoms with Crippen molar-refractivity contribution in [2.45, 2.75) is 6.92 Å². The van der Waals surface area contributed by atoms with Crippen molar-refractivity contribution < 1.29 is 9.59 Å². The van der Waals surface area contributed by atoms with Crippen molar-refractivity contribution >= 4 is 23.3 Å². The Kier molecular flexibility index (Phi) is 5.33. The standard InChI is InChI=1S/C17H15ClN2O2/c1-12-2-4-14(5-3-12)17(22)20-19-11-10-16(21)13-6-8-15(18)9-7-13/h2-11,19H,1H3,(H,20,22)/b11-10+. The molecule has 0 aromatic heterocycles. The third-order valence-electron chi connectivity index (χ3n) is 2.95. The molecule has 2 rings (SSSR count). The third-order valence-corrected chi connectivity index (χ3v) is 3.20. The van der Waals surface area contributed by atoms with Crippen molar-refractivity contribution in [2.24, 2.45) is 0 Å². The number of hydrogen-bond donors (Lipinski definition) is 2. The predicted octanol–water partition coefficient (Wildman–Crippen LogP) is 3.28. The first-order valence-electron chi connectivity index (χ1n) is 6.65. The van der Waals surface area contributed by atoms with Crippen molar-refractivity contribution in [3.63, 3.8) is 0 Å². The van der Waals surface area contributed by atoms with Crippen LogP contribution in [-0.2, 0) is 0 Å². The van der Waals surface area contributed by atoms with Crippen LogP contribution in [0.1, 0.15) is 26.3 Å². The summed E-state index contributed by atoms with van der Waals surface area (Å²) in [5.74, 6) is -0.461. The highest BCUT2D eigenvalue weighted by atomic mass is 35.5. The lowest BCUT2D eigenvalue weighted by Gasteiger charge is -2.04. The van der Waals surface area contributed by atoms with Crippen LogP contribution in [0.15, 0.2) is 60.8 Å². The highest BCUT2D eigenvalue weighted by molar-refractivity contribution is 6.30. The number of allylic oxidation sites excluding steroid dienone is 1. The van der Waals surface area contributed by atoms with Crippen LogP contribution in [0.25, 0.3) is 0 Å². The summed E-state index contributed by atoms with van der Waals surface area (Å²) in [6.07, 6.45) is 2.71. The largest absolute Gasteiger partial charge is 0.305 e. The SMILES string of the molecule is Cc1ccc(C(=O)NN/C=C/C(=O)c2ccc(Cl)cc2)cc1. The molecule has 5 heteroatoms. The highest BCUT2D eigenvalue weighted by Crippen LogP contribution is 2.10. The lowest BCUT2D eigenvalue weighted by atomic mass is 10.1. The molecule has 0 atom stereocenters. The molecule has 2 aromatic carbocycles. The molecular weight excluding hydrogens is 300 g/mol. The molecule has 0 heterocycles. The van der Waals surface area contributed by atoms with Crippen molar-refractivity contribution in [3.8, 4) is 0 Å². The molecule has 0 aliphatic rings. The number of rotatable bonds is 5. The maximum absolute atomic E-state index is 11.8. The number of carbonyl (C=O) groups is 2. The maximum atomic E-state index is 11.8. The molecule has 0 unspecified atom stereocenters. The Morgan fingerprint density at radius 3 is 2.18 bits per heavy atom. The summed E-state index contributed by atoms with van der Waals surface area (Å²) in [6, 6.07) is 13.7. The van der Waals surface area contributed by atoms with Gasteiger partial charge >= 0.3 is 0 Å². The minimum Gasteiger partial charge on any atom is -0.305 e. The van der Waals surface area contributed by atoms with Gasteiger partial charge in [0.05, 0.1) is 0 Å². The van der Waals surface area contributed by atoms with E-state index >= 15 is 0 Å². The number of halogens is 1. The van der Waals surface area contributed by atoms with E-state index in [0.717, 1.165) is 5.56 Å². The minimum atomic E-state index is -0.274. The van der Waals surface area contributed by atoms with Crippen LogP contribution >= 0.6 is 11.6 Å². The Labute approximate surface area is 133 Å². The number of nitrogens with one attached hydrogen (secondary N) is 2. The second-order valence-corrected chi connectivity index (χ2v) is 5.11. The Balaban J connectivity index is 1.85. The lowest BCUT2D eigenvalue weighted by Crippen LogP contribution is -2.33. The summed E-state index contributed by atoms with van der Waals surface area (Å²) >= 11 is 5.76. The van der Waals surface area contributed by atoms with Gasteiger partial charge in [-0.2, -0.15) is 0 Å². The Morgan fingerprint density at radius 1 is 0.955 bits per heavy atom. The molecule has 2 N–H and O–H groups in total. The molecule has 0 fully saturated rings. The molecule has 22 heavy (non-hydrogen) atoms. The number of aryl methyl sites for hydroxylation is 1. The maximum Gasteiger partial charge on any atom is 0.269 e. The Morgan fingerprint density at radius 2 is 1.55 bits per heavy atom. The van der Waals surface area contributed by atoms with Crippen LogP contribution in [0.2, 0.25) is 5.02 Å². The lowest BCUT2D eigenvalue weighted by molar-refractivity contribution is 0.0939. The van der Waals surface area contributed by atoms with Crippen LogP contribution in [0, 0.1) is 6.92 Å². The topological polar surface area (TPSA) is 58.2 Å². The van der Waals surface area contributed by atoms with E-state index in [1.54, 1.807) is 36.4 Å². The van der Waals surface area contributed by atoms with E-state index in [1.165, 1.54) is 12.3 Å². The van der Waals surface area contributed by atoms with Gasteiger partial charge in [-0.05, 0) is 43.3 Å². The van der Waals surface area contributed by atoms with E-state index in [-0.39, 0.29) is 11.7 Å². The quantitative estimate of drug-likeness (QED) is 0.506. The van der Waals surface area contributed by atoms with Gasteiger partial charge in [0.15, 0.2) is 5.78 Å². The van der Waals surface area contributed by atoms with Crippen LogP contribution in [0.5, 0.6) is 0 Å². The second kappa shape index (κ2) is 7.43. The van der Waals surface area contributed by atoms with Crippen molar-refractivity contribution in [3.05, 3.63) is 82.5 Å². The molecule has 0 saturated carbocycles. The second-order valence-electron chi connectivity index (χ2n) is 4.67. The molecule has 0 saturated heterocycles. The summed E-state index contributed by atoms with van der Waals surface area (Å²) in [5.41, 5.74) is 7.21. The van der Waals surface area contributed by atoms with E-state index in [1.807, 2.05) is 19.1 Å². The van der Waals surface area contributed by atoms with Crippen LogP contribution in [0.4, 0.5) is 0 Å². The van der Waals surface area contributed by atoms with Gasteiger partial charge in [-0.3, -0.25) is 15.0 Å². The van der Waals surface area contributed by atoms with Gasteiger partial charge in [-0.1, -0.05) is 29.3 Å². The Hall–Kier alpha value is -2.59. The Bertz CT molecular complexity index is 692. The van der Waals surface area contributed by atoms with Gasteiger partial charge in [-0.15, -0.1) is 0 Å². The number of hydrazine groups is 1. The first-order valence-corrected chi connectivity index (χ1v) is 7.03. The van der Waals surface area contributed by atoms with Crippen LogP contribution in [0.3, 0.4) is 0 Å². The molecule has 0 spiro atoms. The first-order chi connectivity index (χ1) is 10.6. The molecule has 2 aromatic rings. The fraction of sp³-hybridized carbons (Fsp3) is 0.0588. The fourth-order valence-corrected chi connectivity index (χ4v) is 1.84. The number of ketones is 1. The van der Waals surface area contributed by atoms with Gasteiger partial charge < -0.3 is 5.43 Å². The average molecular weight is 315 g/mol. The number of benzene rings is 2. The van der Waals surface area contributed by atoms with Gasteiger partial charge in [0, 0.05) is 28.4 Å². The van der Waals surface area contributed by atoms with E-state index < -0.39 is 0 Å². The number of carbonyl (C=O) groups excluding carboxylic acids is 2. The minimum absolute atomic E-state index is 0.186. The van der Waals surface area contributed by atoms with Crippen LogP contribution in [-0.4, -0.2) is 11.7 Å². The monoisotopic (exact) mass is 314 g/mol. The van der Waals surface area contributed by atoms with Gasteiger partial charge in [0.1, 0.15) is 0 Å². The fourth-order valence-electron chi connectivity index (χ4n) is 1.71. The van der Waals surface area contributed by atoms with E-state index in [9.17, 15) is 9.59 Å². The molecule has 0 radical (unpaired) electrons. The van der Waals surface area contributed by atoms with Gasteiger partial charge in [-0.25, -0.2) is 0 Å². The van der Waals surface area contributed by atoms with Crippen LogP contribution < -0.4 is 10.9 Å². The molecule has 4 nitrogen and oxygen atoms in total. The summed E-state index contributed by atoms with van der Waals surface area (Å²) in [6.45, 7) is 1.95. The predicted molar refractivity (Wildman–Crippen MR) is 86.7 cm³/mol. The number of hydrogen-bond acceptors (Lipinski definition) is 3. The summed E-state index contributed by atoms with van der Waals surface area (Å²) in [4.78, 5) is 23.6. The van der Waals surface area contributed by atoms with E-state index in [2.05, 4.69) is 10.9 Å². The van der Waals surface area contributed by atoms with Crippen molar-refractivity contribution in [1.82, 2.24) is 10.9 Å². The zero-order chi connectivity index (χ0) is 15.9. The van der Waals surface area contributed by atoms with E-state index in [4.69, 9.17) is 11.6 Å². The molecule has 0 bridgehead atoms. The molecule has 0 aliphatic carbocycles. The summed E-state index contributed by atoms with van der Waals surface area (Å²) in [7, 11) is 0. The van der Waals surface area contributed by atoms with Gasteiger partial charge in [0.25, 0.3) is 5.91 Å². The highest BCUT2D eigenvalue weighted by Gasteiger charge is 2.03. The van der Waals surface area contributed by atoms with Crippen molar-refractivity contribution in [1.29, 1.82) is 0 Å².